The van der Waals surface area contributed by atoms with Crippen LogP contribution in [-0.4, -0.2) is 56.0 Å². The van der Waals surface area contributed by atoms with E-state index in [-0.39, 0.29) is 0 Å². The number of ether oxygens (including phenoxy) is 2. The third-order valence-electron chi connectivity index (χ3n) is 6.12. The van der Waals surface area contributed by atoms with E-state index >= 15 is 0 Å². The molecule has 0 amide bonds. The van der Waals surface area contributed by atoms with Crippen LogP contribution in [0.1, 0.15) is 17.0 Å². The highest BCUT2D eigenvalue weighted by Gasteiger charge is 2.18. The van der Waals surface area contributed by atoms with E-state index < -0.39 is 0 Å². The summed E-state index contributed by atoms with van der Waals surface area (Å²) in [6.45, 7) is 5.98. The summed E-state index contributed by atoms with van der Waals surface area (Å²) in [7, 11) is 0. The second kappa shape index (κ2) is 9.99. The van der Waals surface area contributed by atoms with Crippen molar-refractivity contribution >= 4 is 5.69 Å². The van der Waals surface area contributed by atoms with E-state index in [1.54, 1.807) is 6.20 Å². The fourth-order valence-electron chi connectivity index (χ4n) is 4.05. The van der Waals surface area contributed by atoms with Crippen molar-refractivity contribution in [3.05, 3.63) is 71.7 Å². The van der Waals surface area contributed by atoms with Crippen molar-refractivity contribution in [3.8, 4) is 23.1 Å². The molecule has 0 aliphatic carbocycles. The molecule has 2 aliphatic heterocycles. The van der Waals surface area contributed by atoms with Crippen LogP contribution in [0.4, 0.5) is 5.69 Å². The lowest BCUT2D eigenvalue weighted by Gasteiger charge is -2.28. The number of nitriles is 1. The standard InChI is InChI=1S/C26H27N5O2/c27-15-22-14-21(3-6-25(22)33-18-20-16-28-17-20)24-7-8-29-26(30-24)13-19-1-4-23(5-2-19)31-9-11-32-12-10-31/h1-8,14,20,28H,9-13,16-18H2. The maximum Gasteiger partial charge on any atom is 0.137 e. The number of aromatic nitrogens is 2. The average molecular weight is 442 g/mol. The summed E-state index contributed by atoms with van der Waals surface area (Å²) in [5.74, 6) is 1.90. The smallest absolute Gasteiger partial charge is 0.137 e. The molecule has 3 aromatic rings. The molecule has 0 bridgehead atoms. The molecule has 7 heteroatoms. The van der Waals surface area contributed by atoms with Crippen molar-refractivity contribution in [1.82, 2.24) is 15.3 Å². The van der Waals surface area contributed by atoms with Gasteiger partial charge in [-0.15, -0.1) is 0 Å². The molecule has 33 heavy (non-hydrogen) atoms. The van der Waals surface area contributed by atoms with Gasteiger partial charge in [-0.1, -0.05) is 12.1 Å². The summed E-state index contributed by atoms with van der Waals surface area (Å²) in [4.78, 5) is 11.6. The molecule has 3 heterocycles. The SMILES string of the molecule is N#Cc1cc(-c2ccnc(Cc3ccc(N4CCOCC4)cc3)n2)ccc1OCC1CNC1. The molecule has 5 rings (SSSR count). The second-order valence-corrected chi connectivity index (χ2v) is 8.46. The number of hydrogen-bond acceptors (Lipinski definition) is 7. The minimum absolute atomic E-state index is 0.517. The number of benzene rings is 2. The predicted molar refractivity (Wildman–Crippen MR) is 126 cm³/mol. The number of nitrogens with zero attached hydrogens (tertiary/aromatic N) is 4. The highest BCUT2D eigenvalue weighted by Crippen LogP contribution is 2.26. The van der Waals surface area contributed by atoms with E-state index in [0.717, 1.165) is 62.0 Å². The lowest BCUT2D eigenvalue weighted by atomic mass is 10.0. The molecule has 1 N–H and O–H groups in total. The molecule has 0 saturated carbocycles. The van der Waals surface area contributed by atoms with E-state index in [9.17, 15) is 5.26 Å². The molecule has 0 unspecified atom stereocenters. The quantitative estimate of drug-likeness (QED) is 0.603. The molecular formula is C26H27N5O2. The minimum Gasteiger partial charge on any atom is -0.492 e. The first-order chi connectivity index (χ1) is 16.3. The van der Waals surface area contributed by atoms with E-state index in [0.29, 0.717) is 30.3 Å². The van der Waals surface area contributed by atoms with Crippen LogP contribution >= 0.6 is 0 Å². The number of hydrogen-bond donors (Lipinski definition) is 1. The summed E-state index contributed by atoms with van der Waals surface area (Å²) in [6.07, 6.45) is 2.43. The maximum atomic E-state index is 9.61. The Hall–Kier alpha value is -3.47. The van der Waals surface area contributed by atoms with Gasteiger partial charge in [0.2, 0.25) is 0 Å². The van der Waals surface area contributed by atoms with E-state index in [4.69, 9.17) is 14.5 Å². The van der Waals surface area contributed by atoms with Crippen LogP contribution in [0.3, 0.4) is 0 Å². The Labute approximate surface area is 194 Å². The highest BCUT2D eigenvalue weighted by molar-refractivity contribution is 5.64. The zero-order valence-electron chi connectivity index (χ0n) is 18.5. The molecule has 2 fully saturated rings. The van der Waals surface area contributed by atoms with Crippen molar-refractivity contribution in [2.24, 2.45) is 5.92 Å². The Morgan fingerprint density at radius 2 is 1.91 bits per heavy atom. The topological polar surface area (TPSA) is 83.3 Å². The number of nitrogens with one attached hydrogen (secondary N) is 1. The highest BCUT2D eigenvalue weighted by atomic mass is 16.5. The summed E-state index contributed by atoms with van der Waals surface area (Å²) < 4.78 is 11.3. The number of morpholine rings is 1. The van der Waals surface area contributed by atoms with Gasteiger partial charge >= 0.3 is 0 Å². The van der Waals surface area contributed by atoms with Gasteiger partial charge in [-0.2, -0.15) is 5.26 Å². The van der Waals surface area contributed by atoms with Crippen LogP contribution < -0.4 is 15.0 Å². The normalized spacial score (nSPS) is 16.2. The zero-order chi connectivity index (χ0) is 22.5. The van der Waals surface area contributed by atoms with Crippen LogP contribution in [0, 0.1) is 17.2 Å². The molecular weight excluding hydrogens is 414 g/mol. The Bertz CT molecular complexity index is 1130. The monoisotopic (exact) mass is 441 g/mol. The van der Waals surface area contributed by atoms with Crippen LogP contribution in [0.2, 0.25) is 0 Å². The Kier molecular flexibility index (Phi) is 6.47. The Morgan fingerprint density at radius 1 is 1.09 bits per heavy atom. The molecule has 168 valence electrons. The molecule has 2 aliphatic rings. The largest absolute Gasteiger partial charge is 0.492 e. The Morgan fingerprint density at radius 3 is 2.64 bits per heavy atom. The third kappa shape index (κ3) is 5.14. The van der Waals surface area contributed by atoms with E-state index in [1.807, 2.05) is 24.3 Å². The summed E-state index contributed by atoms with van der Waals surface area (Å²) in [5, 5.41) is 12.8. The number of rotatable bonds is 7. The van der Waals surface area contributed by atoms with E-state index in [2.05, 4.69) is 45.5 Å². The maximum absolute atomic E-state index is 9.61. The number of anilines is 1. The summed E-state index contributed by atoms with van der Waals surface area (Å²) >= 11 is 0. The van der Waals surface area contributed by atoms with E-state index in [1.165, 1.54) is 5.69 Å². The van der Waals surface area contributed by atoms with Crippen molar-refractivity contribution in [3.63, 3.8) is 0 Å². The minimum atomic E-state index is 0.517. The van der Waals surface area contributed by atoms with Crippen LogP contribution in [0.25, 0.3) is 11.3 Å². The van der Waals surface area contributed by atoms with Gasteiger partial charge in [0, 0.05) is 56.0 Å². The van der Waals surface area contributed by atoms with Gasteiger partial charge in [0.25, 0.3) is 0 Å². The van der Waals surface area contributed by atoms with Gasteiger partial charge < -0.3 is 19.7 Å². The van der Waals surface area contributed by atoms with Gasteiger partial charge in [-0.05, 0) is 42.0 Å². The van der Waals surface area contributed by atoms with Gasteiger partial charge in [0.05, 0.1) is 31.1 Å². The van der Waals surface area contributed by atoms with Crippen molar-refractivity contribution in [1.29, 1.82) is 5.26 Å². The molecule has 1 aromatic heterocycles. The molecule has 0 radical (unpaired) electrons. The fraction of sp³-hybridized carbons (Fsp3) is 0.346. The zero-order valence-corrected chi connectivity index (χ0v) is 18.5. The molecule has 2 saturated heterocycles. The third-order valence-corrected chi connectivity index (χ3v) is 6.12. The van der Waals surface area contributed by atoms with Crippen LogP contribution in [0.15, 0.2) is 54.7 Å². The average Bonchev–Trinajstić information content (AvgIpc) is 2.84. The van der Waals surface area contributed by atoms with Crippen molar-refractivity contribution < 1.29 is 9.47 Å². The Balaban J connectivity index is 1.28. The van der Waals surface area contributed by atoms with Crippen molar-refractivity contribution in [2.45, 2.75) is 6.42 Å². The molecule has 0 spiro atoms. The molecule has 7 nitrogen and oxygen atoms in total. The second-order valence-electron chi connectivity index (χ2n) is 8.46. The molecule has 0 atom stereocenters. The van der Waals surface area contributed by atoms with Crippen LogP contribution in [-0.2, 0) is 11.2 Å². The van der Waals surface area contributed by atoms with Crippen LogP contribution in [0.5, 0.6) is 5.75 Å². The van der Waals surface area contributed by atoms with Gasteiger partial charge in [0.1, 0.15) is 17.6 Å². The lowest BCUT2D eigenvalue weighted by molar-refractivity contribution is 0.122. The fourth-order valence-corrected chi connectivity index (χ4v) is 4.05. The van der Waals surface area contributed by atoms with Gasteiger partial charge in [0.15, 0.2) is 0 Å². The summed E-state index contributed by atoms with van der Waals surface area (Å²) in [6, 6.07) is 18.4. The lowest BCUT2D eigenvalue weighted by Crippen LogP contribution is -2.45. The first-order valence-corrected chi connectivity index (χ1v) is 11.4. The van der Waals surface area contributed by atoms with Crippen molar-refractivity contribution in [2.75, 3.05) is 50.9 Å². The van der Waals surface area contributed by atoms with Gasteiger partial charge in [-0.3, -0.25) is 0 Å². The molecule has 2 aromatic carbocycles. The first kappa shape index (κ1) is 21.4. The van der Waals surface area contributed by atoms with Gasteiger partial charge in [-0.25, -0.2) is 9.97 Å². The summed E-state index contributed by atoms with van der Waals surface area (Å²) in [5.41, 5.74) is 4.60. The first-order valence-electron chi connectivity index (χ1n) is 11.4. The predicted octanol–water partition coefficient (Wildman–Crippen LogP) is 3.04.